The topological polar surface area (TPSA) is 88.0 Å². The number of ketones is 1. The Hall–Kier alpha value is -3.05. The van der Waals surface area contributed by atoms with Crippen molar-refractivity contribution < 1.29 is 4.79 Å². The molecule has 0 unspecified atom stereocenters. The number of aromatic nitrogens is 4. The number of likely N-dealkylation sites (N-methyl/N-ethyl adjacent to an activating group) is 2. The summed E-state index contributed by atoms with van der Waals surface area (Å²) in [6.45, 7) is 10.7. The minimum Gasteiger partial charge on any atom is -0.369 e. The first-order valence-electron chi connectivity index (χ1n) is 12.1. The summed E-state index contributed by atoms with van der Waals surface area (Å²) in [5, 5.41) is 7.44. The van der Waals surface area contributed by atoms with E-state index in [1.807, 2.05) is 25.4 Å². The number of pyridine rings is 1. The lowest BCUT2D eigenvalue weighted by atomic mass is 10.1. The molecule has 36 heavy (non-hydrogen) atoms. The molecular weight excluding hydrogens is 565 g/mol. The summed E-state index contributed by atoms with van der Waals surface area (Å²) >= 11 is 2.26. The number of benzene rings is 1. The van der Waals surface area contributed by atoms with Crippen LogP contribution in [-0.4, -0.2) is 52.0 Å². The summed E-state index contributed by atoms with van der Waals surface area (Å²) in [6.07, 6.45) is 3.68. The molecule has 0 aliphatic carbocycles. The third kappa shape index (κ3) is 5.52. The molecule has 8 nitrogen and oxygen atoms in total. The Balaban J connectivity index is 1.61. The van der Waals surface area contributed by atoms with E-state index in [4.69, 9.17) is 4.98 Å². The van der Waals surface area contributed by atoms with Gasteiger partial charge >= 0.3 is 0 Å². The van der Waals surface area contributed by atoms with Gasteiger partial charge in [-0.1, -0.05) is 6.07 Å². The number of fused-ring (bicyclic) bond motifs is 1. The first-order chi connectivity index (χ1) is 17.3. The molecule has 0 saturated heterocycles. The van der Waals surface area contributed by atoms with Crippen molar-refractivity contribution in [3.63, 3.8) is 0 Å². The average molecular weight is 598 g/mol. The van der Waals surface area contributed by atoms with Crippen LogP contribution in [0.25, 0.3) is 22.2 Å². The van der Waals surface area contributed by atoms with Crippen LogP contribution < -0.4 is 15.5 Å². The van der Waals surface area contributed by atoms with Gasteiger partial charge in [-0.25, -0.2) is 15.0 Å². The molecule has 0 radical (unpaired) electrons. The minimum atomic E-state index is 0.0622. The second-order valence-electron chi connectivity index (χ2n) is 8.92. The third-order valence-electron chi connectivity index (χ3n) is 6.10. The number of carbonyl (C=O) groups excluding carboxylic acids is 1. The Labute approximate surface area is 225 Å². The zero-order chi connectivity index (χ0) is 25.8. The second kappa shape index (κ2) is 11.3. The molecular formula is C27H32IN7O. The van der Waals surface area contributed by atoms with Crippen LogP contribution >= 0.6 is 22.6 Å². The van der Waals surface area contributed by atoms with Gasteiger partial charge in [0, 0.05) is 55.3 Å². The van der Waals surface area contributed by atoms with E-state index in [1.54, 1.807) is 13.1 Å². The molecule has 0 spiro atoms. The first kappa shape index (κ1) is 26.0. The maximum Gasteiger partial charge on any atom is 0.228 e. The van der Waals surface area contributed by atoms with E-state index in [0.29, 0.717) is 11.8 Å². The lowest BCUT2D eigenvalue weighted by molar-refractivity contribution is 0.100. The number of anilines is 3. The molecule has 0 aliphatic rings. The van der Waals surface area contributed by atoms with Gasteiger partial charge in [-0.15, -0.1) is 0 Å². The highest BCUT2D eigenvalue weighted by atomic mass is 127. The standard InChI is InChI=1S/C27H32IN7O/c1-6-34(12-11-29-5)21-8-10-25(30-15-21)32-27-31-16-22(28)26(33-27)19-7-9-23-20(13-19)14-24(18(4)36)35(23)17(2)3/h7-10,13-17,29H,6,11-12H2,1-5H3,(H,30,31,32,33). The predicted molar refractivity (Wildman–Crippen MR) is 155 cm³/mol. The highest BCUT2D eigenvalue weighted by Crippen LogP contribution is 2.31. The van der Waals surface area contributed by atoms with Crippen LogP contribution in [0.3, 0.4) is 0 Å². The third-order valence-corrected chi connectivity index (χ3v) is 6.89. The molecule has 3 aromatic heterocycles. The van der Waals surface area contributed by atoms with Crippen LogP contribution in [0.5, 0.6) is 0 Å². The van der Waals surface area contributed by atoms with Crippen molar-refractivity contribution in [2.75, 3.05) is 36.9 Å². The zero-order valence-electron chi connectivity index (χ0n) is 21.3. The van der Waals surface area contributed by atoms with Crippen LogP contribution in [0.2, 0.25) is 0 Å². The first-order valence-corrected chi connectivity index (χ1v) is 13.2. The summed E-state index contributed by atoms with van der Waals surface area (Å²) in [7, 11) is 1.96. The number of Topliss-reactive ketones (excluding diaryl/α,β-unsaturated/α-hetero) is 1. The number of hydrogen-bond donors (Lipinski definition) is 2. The molecule has 4 rings (SSSR count). The number of nitrogens with one attached hydrogen (secondary N) is 2. The largest absolute Gasteiger partial charge is 0.369 e. The lowest BCUT2D eigenvalue weighted by Crippen LogP contribution is -2.30. The van der Waals surface area contributed by atoms with Gasteiger partial charge in [0.25, 0.3) is 0 Å². The Kier molecular flexibility index (Phi) is 8.20. The molecule has 188 valence electrons. The van der Waals surface area contributed by atoms with Gasteiger partial charge in [-0.3, -0.25) is 4.79 Å². The SMILES string of the molecule is CCN(CCNC)c1ccc(Nc2ncc(I)c(-c3ccc4c(c3)cc(C(C)=O)n4C(C)C)n2)nc1. The Morgan fingerprint density at radius 1 is 1.14 bits per heavy atom. The minimum absolute atomic E-state index is 0.0622. The van der Waals surface area contributed by atoms with Crippen molar-refractivity contribution in [2.24, 2.45) is 0 Å². The van der Waals surface area contributed by atoms with Crippen molar-refractivity contribution in [3.05, 3.63) is 58.1 Å². The van der Waals surface area contributed by atoms with Crippen LogP contribution in [0.15, 0.2) is 48.8 Å². The molecule has 0 bridgehead atoms. The van der Waals surface area contributed by atoms with Gasteiger partial charge < -0.3 is 20.1 Å². The fourth-order valence-electron chi connectivity index (χ4n) is 4.32. The number of rotatable bonds is 10. The molecule has 9 heteroatoms. The smallest absolute Gasteiger partial charge is 0.228 e. The molecule has 3 heterocycles. The normalized spacial score (nSPS) is 11.3. The molecule has 4 aromatic rings. The number of nitrogens with zero attached hydrogens (tertiary/aromatic N) is 5. The van der Waals surface area contributed by atoms with Crippen LogP contribution in [0, 0.1) is 3.57 Å². The average Bonchev–Trinajstić information content (AvgIpc) is 3.26. The molecule has 0 saturated carbocycles. The highest BCUT2D eigenvalue weighted by molar-refractivity contribution is 14.1. The molecule has 0 atom stereocenters. The summed E-state index contributed by atoms with van der Waals surface area (Å²) in [5.41, 5.74) is 4.65. The predicted octanol–water partition coefficient (Wildman–Crippen LogP) is 5.67. The van der Waals surface area contributed by atoms with Gasteiger partial charge in [0.1, 0.15) is 5.82 Å². The molecule has 0 amide bonds. The van der Waals surface area contributed by atoms with Crippen LogP contribution in [0.1, 0.15) is 44.2 Å². The summed E-state index contributed by atoms with van der Waals surface area (Å²) < 4.78 is 3.03. The van der Waals surface area contributed by atoms with E-state index >= 15 is 0 Å². The van der Waals surface area contributed by atoms with E-state index in [1.165, 1.54) is 0 Å². The Morgan fingerprint density at radius 3 is 2.58 bits per heavy atom. The van der Waals surface area contributed by atoms with Crippen molar-refractivity contribution in [1.82, 2.24) is 24.8 Å². The zero-order valence-corrected chi connectivity index (χ0v) is 23.5. The van der Waals surface area contributed by atoms with E-state index in [0.717, 1.165) is 56.7 Å². The lowest BCUT2D eigenvalue weighted by Gasteiger charge is -2.22. The molecule has 0 aliphatic heterocycles. The van der Waals surface area contributed by atoms with Crippen LogP contribution in [0.4, 0.5) is 17.5 Å². The van der Waals surface area contributed by atoms with Crippen molar-refractivity contribution in [2.45, 2.75) is 33.7 Å². The summed E-state index contributed by atoms with van der Waals surface area (Å²) in [5.74, 6) is 1.23. The summed E-state index contributed by atoms with van der Waals surface area (Å²) in [6, 6.07) is 12.4. The number of halogens is 1. The quantitative estimate of drug-likeness (QED) is 0.180. The Morgan fingerprint density at radius 2 is 1.94 bits per heavy atom. The monoisotopic (exact) mass is 597 g/mol. The molecule has 0 fully saturated rings. The van der Waals surface area contributed by atoms with Crippen molar-refractivity contribution >= 4 is 56.7 Å². The maximum atomic E-state index is 12.2. The van der Waals surface area contributed by atoms with E-state index in [2.05, 4.69) is 97.7 Å². The Bertz CT molecular complexity index is 1360. The van der Waals surface area contributed by atoms with Crippen molar-refractivity contribution in [1.29, 1.82) is 0 Å². The van der Waals surface area contributed by atoms with Gasteiger partial charge in [-0.05, 0) is 80.7 Å². The summed E-state index contributed by atoms with van der Waals surface area (Å²) in [4.78, 5) is 28.3. The van der Waals surface area contributed by atoms with Crippen LogP contribution in [-0.2, 0) is 0 Å². The van der Waals surface area contributed by atoms with E-state index < -0.39 is 0 Å². The molecule has 2 N–H and O–H groups in total. The van der Waals surface area contributed by atoms with Gasteiger partial charge in [0.15, 0.2) is 5.78 Å². The second-order valence-corrected chi connectivity index (χ2v) is 10.1. The molecule has 1 aromatic carbocycles. The van der Waals surface area contributed by atoms with E-state index in [-0.39, 0.29) is 11.8 Å². The fraction of sp³-hybridized carbons (Fsp3) is 0.333. The van der Waals surface area contributed by atoms with Crippen molar-refractivity contribution in [3.8, 4) is 11.3 Å². The van der Waals surface area contributed by atoms with Gasteiger partial charge in [-0.2, -0.15) is 0 Å². The maximum absolute atomic E-state index is 12.2. The van der Waals surface area contributed by atoms with Gasteiger partial charge in [0.05, 0.1) is 26.8 Å². The number of hydrogen-bond acceptors (Lipinski definition) is 7. The fourth-order valence-corrected chi connectivity index (χ4v) is 4.89. The number of carbonyl (C=O) groups is 1. The van der Waals surface area contributed by atoms with Gasteiger partial charge in [0.2, 0.25) is 5.95 Å². The highest BCUT2D eigenvalue weighted by Gasteiger charge is 2.16. The van der Waals surface area contributed by atoms with E-state index in [9.17, 15) is 4.79 Å².